The van der Waals surface area contributed by atoms with E-state index in [4.69, 9.17) is 10.2 Å². The van der Waals surface area contributed by atoms with Gasteiger partial charge in [0.1, 0.15) is 48.8 Å². The number of nitrogens with one attached hydrogen (secondary N) is 4. The second-order valence-electron chi connectivity index (χ2n) is 13.8. The van der Waals surface area contributed by atoms with Crippen LogP contribution in [-0.4, -0.2) is 295 Å². The molecule has 0 aliphatic carbocycles. The molecule has 0 aliphatic rings. The number of oxime groups is 2. The van der Waals surface area contributed by atoms with E-state index in [0.717, 1.165) is 0 Å². The molecule has 0 radical (unpaired) electrons. The third kappa shape index (κ3) is 29.0. The molecular formula is C34H61N9O22. The molecule has 0 saturated heterocycles. The Morgan fingerprint density at radius 1 is 0.446 bits per heavy atom. The van der Waals surface area contributed by atoms with E-state index in [9.17, 15) is 89.7 Å². The van der Waals surface area contributed by atoms with E-state index in [-0.39, 0.29) is 52.4 Å². The Hall–Kier alpha value is -5.29. The van der Waals surface area contributed by atoms with Gasteiger partial charge in [-0.3, -0.25) is 48.3 Å². The highest BCUT2D eigenvalue weighted by Crippen LogP contribution is 2.05. The number of carboxylic acids is 3. The first-order valence-corrected chi connectivity index (χ1v) is 19.5. The van der Waals surface area contributed by atoms with Gasteiger partial charge in [-0.2, -0.15) is 0 Å². The number of amides is 4. The molecule has 0 saturated carbocycles. The molecule has 0 aromatic carbocycles. The number of nitrogens with zero attached hydrogens (tertiary/aromatic N) is 5. The monoisotopic (exact) mass is 947 g/mol. The Labute approximate surface area is 370 Å². The van der Waals surface area contributed by atoms with Crippen LogP contribution in [0.5, 0.6) is 0 Å². The first-order valence-electron chi connectivity index (χ1n) is 19.5. The lowest BCUT2D eigenvalue weighted by molar-refractivity contribution is -0.141. The summed E-state index contributed by atoms with van der Waals surface area (Å²) in [6.07, 6.45) is -13.6. The van der Waals surface area contributed by atoms with Crippen molar-refractivity contribution in [3.63, 3.8) is 0 Å². The van der Waals surface area contributed by atoms with Crippen LogP contribution in [0, 0.1) is 0 Å². The fourth-order valence-electron chi connectivity index (χ4n) is 4.92. The van der Waals surface area contributed by atoms with Gasteiger partial charge in [0.25, 0.3) is 11.8 Å². The molecule has 8 atom stereocenters. The highest BCUT2D eigenvalue weighted by atomic mass is 16.6. The second-order valence-corrected chi connectivity index (χ2v) is 13.8. The van der Waals surface area contributed by atoms with Crippen molar-refractivity contribution in [3.05, 3.63) is 0 Å². The molecule has 4 unspecified atom stereocenters. The minimum Gasteiger partial charge on any atom is -0.480 e. The first-order chi connectivity index (χ1) is 30.6. The zero-order valence-corrected chi connectivity index (χ0v) is 35.0. The van der Waals surface area contributed by atoms with Crippen molar-refractivity contribution in [3.8, 4) is 0 Å². The molecule has 31 heteroatoms. The van der Waals surface area contributed by atoms with Gasteiger partial charge < -0.3 is 97.3 Å². The van der Waals surface area contributed by atoms with Crippen molar-refractivity contribution in [2.45, 2.75) is 48.8 Å². The van der Waals surface area contributed by atoms with Gasteiger partial charge in [-0.25, -0.2) is 0 Å². The maximum Gasteiger partial charge on any atom is 0.317 e. The summed E-state index contributed by atoms with van der Waals surface area (Å²) >= 11 is 0. The van der Waals surface area contributed by atoms with Crippen LogP contribution in [0.1, 0.15) is 0 Å². The Bertz CT molecular complexity index is 1410. The molecule has 65 heavy (non-hydrogen) atoms. The zero-order valence-electron chi connectivity index (χ0n) is 35.0. The molecule has 0 rings (SSSR count). The fraction of sp³-hybridized carbons (Fsp3) is 0.735. The average Bonchev–Trinajstić information content (AvgIpc) is 3.25. The second kappa shape index (κ2) is 34.1. The lowest BCUT2D eigenvalue weighted by atomic mass is 10.0. The standard InChI is InChI=1S/C34H61N9O22/c44-16-22(48)33(62)31(60)20(46)9-39-64-18-26(52)37-3-1-35-24(50)11-42(14-29(56)57)7-5-41(13-28(54)55)6-8-43(15-30(58)59)12-25(51)36-2-4-38-27(53)19-65-40-10-21(47)32(61)34(63)23(49)17-45/h9-10,20-23,31-34,44-49,60-63H,1-8,11-19H2,(H,35,50)(H,36,51)(H,37,52)(H,38,53)(H,54,55)(H,56,57)(H,58,59)/b39-9+,40-10+/t20?,21?,22?,23?,31-,32+,33-,34-/m1/s1. The molecule has 31 nitrogen and oxygen atoms in total. The number of aliphatic hydroxyl groups excluding tert-OH is 10. The van der Waals surface area contributed by atoms with Crippen molar-refractivity contribution in [1.82, 2.24) is 36.0 Å². The number of carbonyl (C=O) groups is 7. The van der Waals surface area contributed by atoms with Gasteiger partial charge in [0, 0.05) is 52.4 Å². The lowest BCUT2D eigenvalue weighted by Crippen LogP contribution is -2.48. The highest BCUT2D eigenvalue weighted by molar-refractivity contribution is 5.80. The summed E-state index contributed by atoms with van der Waals surface area (Å²) < 4.78 is 0. The van der Waals surface area contributed by atoms with Crippen molar-refractivity contribution in [1.29, 1.82) is 0 Å². The smallest absolute Gasteiger partial charge is 0.317 e. The van der Waals surface area contributed by atoms with Gasteiger partial charge in [-0.1, -0.05) is 10.3 Å². The predicted octanol–water partition coefficient (Wildman–Crippen LogP) is -11.5. The maximum absolute atomic E-state index is 12.6. The fourth-order valence-corrected chi connectivity index (χ4v) is 4.92. The Kier molecular flexibility index (Phi) is 31.3. The number of hydrogen-bond donors (Lipinski definition) is 17. The van der Waals surface area contributed by atoms with Crippen LogP contribution in [0.4, 0.5) is 0 Å². The SMILES string of the molecule is O=C(O)CN(CCN(CC(=O)O)CC(=O)NCCNC(=O)CO/N=C/C(O)[C@@H](O)[C@H](O)C(O)CO)CCN(CC(=O)O)CC(=O)NCCNC(=O)CO/N=C/C(O)[C@H](O)[C@H](O)C(O)CO. The third-order valence-corrected chi connectivity index (χ3v) is 8.34. The van der Waals surface area contributed by atoms with Crippen LogP contribution in [0.15, 0.2) is 10.3 Å². The number of carboxylic acid groups (broad SMARTS) is 3. The summed E-state index contributed by atoms with van der Waals surface area (Å²) in [4.78, 5) is 96.6. The molecular weight excluding hydrogens is 886 g/mol. The minimum atomic E-state index is -1.94. The average molecular weight is 948 g/mol. The van der Waals surface area contributed by atoms with E-state index in [0.29, 0.717) is 12.4 Å². The van der Waals surface area contributed by atoms with E-state index < -0.39 is 150 Å². The lowest BCUT2D eigenvalue weighted by Gasteiger charge is -2.28. The Balaban J connectivity index is 4.90. The van der Waals surface area contributed by atoms with Crippen LogP contribution in [0.3, 0.4) is 0 Å². The molecule has 17 N–H and O–H groups in total. The minimum absolute atomic E-state index is 0.116. The summed E-state index contributed by atoms with van der Waals surface area (Å²) in [5.74, 6) is -6.72. The highest BCUT2D eigenvalue weighted by Gasteiger charge is 2.30. The zero-order chi connectivity index (χ0) is 49.5. The Morgan fingerprint density at radius 3 is 1.05 bits per heavy atom. The number of carbonyl (C=O) groups excluding carboxylic acids is 4. The summed E-state index contributed by atoms with van der Waals surface area (Å²) in [6, 6.07) is 0. The van der Waals surface area contributed by atoms with Gasteiger partial charge >= 0.3 is 17.9 Å². The van der Waals surface area contributed by atoms with Crippen molar-refractivity contribution in [2.75, 3.05) is 112 Å². The third-order valence-electron chi connectivity index (χ3n) is 8.34. The van der Waals surface area contributed by atoms with Crippen molar-refractivity contribution >= 4 is 54.0 Å². The van der Waals surface area contributed by atoms with Gasteiger partial charge in [0.05, 0.1) is 58.4 Å². The van der Waals surface area contributed by atoms with Crippen LogP contribution in [-0.2, 0) is 43.2 Å². The number of aliphatic carboxylic acids is 3. The van der Waals surface area contributed by atoms with Crippen LogP contribution in [0.2, 0.25) is 0 Å². The molecule has 374 valence electrons. The van der Waals surface area contributed by atoms with Gasteiger partial charge in [-0.05, 0) is 0 Å². The van der Waals surface area contributed by atoms with E-state index in [1.807, 2.05) is 0 Å². The first kappa shape index (κ1) is 59.7. The van der Waals surface area contributed by atoms with Gasteiger partial charge in [0.15, 0.2) is 13.2 Å². The van der Waals surface area contributed by atoms with Crippen LogP contribution < -0.4 is 21.3 Å². The van der Waals surface area contributed by atoms with E-state index in [1.54, 1.807) is 0 Å². The Morgan fingerprint density at radius 2 is 0.738 bits per heavy atom. The maximum atomic E-state index is 12.6. The largest absolute Gasteiger partial charge is 0.480 e. The number of hydrogen-bond acceptors (Lipinski definition) is 24. The molecule has 4 amide bonds. The number of rotatable bonds is 38. The predicted molar refractivity (Wildman–Crippen MR) is 215 cm³/mol. The summed E-state index contributed by atoms with van der Waals surface area (Å²) in [5, 5.41) is 138. The molecule has 0 fully saturated rings. The molecule has 0 aromatic rings. The topological polar surface area (TPSA) is 484 Å². The number of aliphatic hydroxyl groups is 10. The molecule has 0 aromatic heterocycles. The van der Waals surface area contributed by atoms with E-state index >= 15 is 0 Å². The molecule has 0 bridgehead atoms. The molecule has 0 aliphatic heterocycles. The van der Waals surface area contributed by atoms with Gasteiger partial charge in [0.2, 0.25) is 11.8 Å². The quantitative estimate of drug-likeness (QED) is 0.0155. The summed E-state index contributed by atoms with van der Waals surface area (Å²) in [6.45, 7) is -6.96. The van der Waals surface area contributed by atoms with Crippen LogP contribution >= 0.6 is 0 Å². The summed E-state index contributed by atoms with van der Waals surface area (Å²) in [7, 11) is 0. The van der Waals surface area contributed by atoms with Crippen LogP contribution in [0.25, 0.3) is 0 Å². The summed E-state index contributed by atoms with van der Waals surface area (Å²) in [5.41, 5.74) is 0. The molecule has 0 spiro atoms. The normalized spacial score (nSPS) is 15.5. The van der Waals surface area contributed by atoms with Gasteiger partial charge in [-0.15, -0.1) is 0 Å². The van der Waals surface area contributed by atoms with E-state index in [1.165, 1.54) is 14.7 Å². The van der Waals surface area contributed by atoms with E-state index in [2.05, 4.69) is 41.3 Å². The van der Waals surface area contributed by atoms with Crippen molar-refractivity contribution < 1.29 is 110 Å². The molecule has 0 heterocycles. The van der Waals surface area contributed by atoms with Crippen molar-refractivity contribution in [2.24, 2.45) is 10.3 Å².